The van der Waals surface area contributed by atoms with Crippen LogP contribution in [0.1, 0.15) is 22.2 Å². The van der Waals surface area contributed by atoms with Gasteiger partial charge in [-0.3, -0.25) is 9.89 Å². The average molecular weight is 273 g/mol. The van der Waals surface area contributed by atoms with Crippen LogP contribution >= 0.6 is 0 Å². The summed E-state index contributed by atoms with van der Waals surface area (Å²) in [7, 11) is 0. The van der Waals surface area contributed by atoms with Crippen molar-refractivity contribution < 1.29 is 13.7 Å². The van der Waals surface area contributed by atoms with Crippen LogP contribution in [-0.2, 0) is 6.54 Å². The molecule has 0 fully saturated rings. The maximum atomic E-state index is 11.9. The van der Waals surface area contributed by atoms with E-state index in [1.807, 2.05) is 0 Å². The van der Waals surface area contributed by atoms with E-state index in [1.165, 1.54) is 0 Å². The number of amides is 1. The first-order chi connectivity index (χ1) is 9.72. The van der Waals surface area contributed by atoms with Crippen molar-refractivity contribution in [1.29, 1.82) is 0 Å². The predicted octanol–water partition coefficient (Wildman–Crippen LogP) is 1.29. The Hall–Kier alpha value is -2.90. The average Bonchev–Trinajstić information content (AvgIpc) is 3.16. The smallest absolute Gasteiger partial charge is 0.272 e. The van der Waals surface area contributed by atoms with Gasteiger partial charge in [-0.15, -0.1) is 0 Å². The van der Waals surface area contributed by atoms with Crippen molar-refractivity contribution in [3.8, 4) is 11.5 Å². The van der Waals surface area contributed by atoms with Gasteiger partial charge >= 0.3 is 0 Å². The lowest BCUT2D eigenvalue weighted by atomic mass is 10.3. The largest absolute Gasteiger partial charge is 0.463 e. The van der Waals surface area contributed by atoms with E-state index in [0.717, 1.165) is 0 Å². The summed E-state index contributed by atoms with van der Waals surface area (Å²) < 4.78 is 10.1. The standard InChI is InChI=1S/C12H11N5O3/c1-7-14-11(20-17-7)6-13-12(18)9-5-8(15-16-9)10-3-2-4-19-10/h2-5H,6H2,1H3,(H,13,18)(H,15,16). The lowest BCUT2D eigenvalue weighted by Gasteiger charge is -1.97. The summed E-state index contributed by atoms with van der Waals surface area (Å²) in [6, 6.07) is 5.14. The van der Waals surface area contributed by atoms with Crippen molar-refractivity contribution in [2.45, 2.75) is 13.5 Å². The second kappa shape index (κ2) is 5.00. The summed E-state index contributed by atoms with van der Waals surface area (Å²) in [6.45, 7) is 1.86. The van der Waals surface area contributed by atoms with E-state index in [0.29, 0.717) is 23.2 Å². The van der Waals surface area contributed by atoms with Crippen LogP contribution in [0.3, 0.4) is 0 Å². The highest BCUT2D eigenvalue weighted by Gasteiger charge is 2.13. The summed E-state index contributed by atoms with van der Waals surface area (Å²) in [4.78, 5) is 15.9. The lowest BCUT2D eigenvalue weighted by Crippen LogP contribution is -2.23. The molecule has 3 aromatic heterocycles. The summed E-state index contributed by atoms with van der Waals surface area (Å²) in [5, 5.41) is 12.9. The highest BCUT2D eigenvalue weighted by molar-refractivity contribution is 5.93. The molecule has 0 aliphatic carbocycles. The Bertz CT molecular complexity index is 713. The fourth-order valence-corrected chi connectivity index (χ4v) is 1.65. The number of carbonyl (C=O) groups excluding carboxylic acids is 1. The minimum Gasteiger partial charge on any atom is -0.463 e. The summed E-state index contributed by atoms with van der Waals surface area (Å²) >= 11 is 0. The maximum Gasteiger partial charge on any atom is 0.272 e. The van der Waals surface area contributed by atoms with E-state index in [4.69, 9.17) is 8.94 Å². The van der Waals surface area contributed by atoms with Gasteiger partial charge in [-0.25, -0.2) is 0 Å². The normalized spacial score (nSPS) is 10.7. The molecule has 0 aromatic carbocycles. The van der Waals surface area contributed by atoms with Gasteiger partial charge in [0.2, 0.25) is 5.89 Å². The first-order valence-electron chi connectivity index (χ1n) is 5.89. The van der Waals surface area contributed by atoms with E-state index < -0.39 is 0 Å². The van der Waals surface area contributed by atoms with E-state index in [-0.39, 0.29) is 18.1 Å². The SMILES string of the molecule is Cc1noc(CNC(=O)c2cc(-c3ccco3)[nH]n2)n1. The Kier molecular flexibility index (Phi) is 3.04. The summed E-state index contributed by atoms with van der Waals surface area (Å²) in [5.41, 5.74) is 0.890. The highest BCUT2D eigenvalue weighted by atomic mass is 16.5. The van der Waals surface area contributed by atoms with Crippen molar-refractivity contribution in [2.24, 2.45) is 0 Å². The quantitative estimate of drug-likeness (QED) is 0.741. The van der Waals surface area contributed by atoms with E-state index >= 15 is 0 Å². The second-order valence-corrected chi connectivity index (χ2v) is 4.06. The molecule has 0 saturated carbocycles. The van der Waals surface area contributed by atoms with Gasteiger partial charge in [0, 0.05) is 6.07 Å². The Morgan fingerprint density at radius 2 is 2.40 bits per heavy atom. The number of furan rings is 1. The molecule has 3 rings (SSSR count). The molecule has 0 radical (unpaired) electrons. The number of nitrogens with one attached hydrogen (secondary N) is 2. The van der Waals surface area contributed by atoms with Gasteiger partial charge in [0.1, 0.15) is 5.69 Å². The number of H-pyrrole nitrogens is 1. The van der Waals surface area contributed by atoms with Gasteiger partial charge in [0.25, 0.3) is 5.91 Å². The van der Waals surface area contributed by atoms with Crippen molar-refractivity contribution in [1.82, 2.24) is 25.7 Å². The van der Waals surface area contributed by atoms with Crippen molar-refractivity contribution >= 4 is 5.91 Å². The van der Waals surface area contributed by atoms with Crippen LogP contribution in [0.2, 0.25) is 0 Å². The van der Waals surface area contributed by atoms with Crippen molar-refractivity contribution in [2.75, 3.05) is 0 Å². The zero-order valence-electron chi connectivity index (χ0n) is 10.6. The number of hydrogen-bond donors (Lipinski definition) is 2. The van der Waals surface area contributed by atoms with E-state index in [9.17, 15) is 4.79 Å². The molecule has 0 saturated heterocycles. The van der Waals surface area contributed by atoms with Gasteiger partial charge in [-0.05, 0) is 19.1 Å². The third kappa shape index (κ3) is 2.44. The highest BCUT2D eigenvalue weighted by Crippen LogP contribution is 2.17. The molecule has 20 heavy (non-hydrogen) atoms. The van der Waals surface area contributed by atoms with Gasteiger partial charge in [0.15, 0.2) is 17.3 Å². The number of rotatable bonds is 4. The molecule has 0 bridgehead atoms. The second-order valence-electron chi connectivity index (χ2n) is 4.06. The number of aromatic amines is 1. The summed E-state index contributed by atoms with van der Waals surface area (Å²) in [5.74, 6) is 1.14. The number of nitrogens with zero attached hydrogens (tertiary/aromatic N) is 3. The molecule has 0 aliphatic heterocycles. The van der Waals surface area contributed by atoms with Gasteiger partial charge < -0.3 is 14.3 Å². The fraction of sp³-hybridized carbons (Fsp3) is 0.167. The molecule has 0 atom stereocenters. The van der Waals surface area contributed by atoms with E-state index in [1.54, 1.807) is 31.4 Å². The molecule has 102 valence electrons. The zero-order chi connectivity index (χ0) is 13.9. The van der Waals surface area contributed by atoms with Crippen LogP contribution < -0.4 is 5.32 Å². The molecule has 2 N–H and O–H groups in total. The molecule has 0 unspecified atom stereocenters. The zero-order valence-corrected chi connectivity index (χ0v) is 10.6. The third-order valence-corrected chi connectivity index (χ3v) is 2.57. The van der Waals surface area contributed by atoms with Crippen molar-refractivity contribution in [3.05, 3.63) is 41.9 Å². The third-order valence-electron chi connectivity index (χ3n) is 2.57. The van der Waals surface area contributed by atoms with Crippen LogP contribution in [0.25, 0.3) is 11.5 Å². The molecule has 3 heterocycles. The molecule has 8 heteroatoms. The van der Waals surface area contributed by atoms with Crippen LogP contribution in [0, 0.1) is 6.92 Å². The van der Waals surface area contributed by atoms with Gasteiger partial charge in [0.05, 0.1) is 12.8 Å². The number of hydrogen-bond acceptors (Lipinski definition) is 6. The van der Waals surface area contributed by atoms with Crippen LogP contribution in [0.5, 0.6) is 0 Å². The Morgan fingerprint density at radius 3 is 3.10 bits per heavy atom. The minimum absolute atomic E-state index is 0.155. The monoisotopic (exact) mass is 273 g/mol. The number of carbonyl (C=O) groups is 1. The van der Waals surface area contributed by atoms with Gasteiger partial charge in [-0.2, -0.15) is 10.1 Å². The molecular weight excluding hydrogens is 262 g/mol. The van der Waals surface area contributed by atoms with Crippen LogP contribution in [0.15, 0.2) is 33.4 Å². The lowest BCUT2D eigenvalue weighted by molar-refractivity contribution is 0.0941. The van der Waals surface area contributed by atoms with Crippen LogP contribution in [0.4, 0.5) is 0 Å². The minimum atomic E-state index is -0.338. The topological polar surface area (TPSA) is 110 Å². The predicted molar refractivity (Wildman–Crippen MR) is 66.5 cm³/mol. The molecule has 8 nitrogen and oxygen atoms in total. The van der Waals surface area contributed by atoms with Crippen molar-refractivity contribution in [3.63, 3.8) is 0 Å². The summed E-state index contributed by atoms with van der Waals surface area (Å²) in [6.07, 6.45) is 1.55. The van der Waals surface area contributed by atoms with Crippen LogP contribution in [-0.4, -0.2) is 26.2 Å². The maximum absolute atomic E-state index is 11.9. The number of aryl methyl sites for hydroxylation is 1. The van der Waals surface area contributed by atoms with Gasteiger partial charge in [-0.1, -0.05) is 5.16 Å². The Balaban J connectivity index is 1.65. The molecular formula is C12H11N5O3. The first-order valence-corrected chi connectivity index (χ1v) is 5.89. The molecule has 0 aliphatic rings. The molecule has 3 aromatic rings. The van der Waals surface area contributed by atoms with E-state index in [2.05, 4.69) is 25.7 Å². The first kappa shape index (κ1) is 12.2. The molecule has 1 amide bonds. The molecule has 0 spiro atoms. The Labute approximate surface area is 113 Å². The Morgan fingerprint density at radius 1 is 1.50 bits per heavy atom. The fourth-order valence-electron chi connectivity index (χ4n) is 1.65. The number of aromatic nitrogens is 4.